The van der Waals surface area contributed by atoms with E-state index in [1.165, 1.54) is 0 Å². The maximum absolute atomic E-state index is 13.1. The fraction of sp³-hybridized carbons (Fsp3) is 0.538. The molecule has 0 aromatic heterocycles. The molecule has 1 unspecified atom stereocenters. The molecule has 1 fully saturated rings. The Balaban J connectivity index is 2.41. The van der Waals surface area contributed by atoms with Crippen molar-refractivity contribution in [3.05, 3.63) is 23.3 Å². The smallest absolute Gasteiger partial charge is 0.161 e. The number of halogens is 1. The molecule has 1 aromatic carbocycles. The molecule has 0 bridgehead atoms. The number of ether oxygens (including phenoxy) is 2. The van der Waals surface area contributed by atoms with Crippen molar-refractivity contribution in [2.45, 2.75) is 25.6 Å². The number of methoxy groups -OCH3 is 2. The number of hydrogen-bond donors (Lipinski definition) is 1. The van der Waals surface area contributed by atoms with Gasteiger partial charge in [0.1, 0.15) is 6.67 Å². The van der Waals surface area contributed by atoms with Gasteiger partial charge in [-0.1, -0.05) is 0 Å². The Morgan fingerprint density at radius 3 is 2.53 bits per heavy atom. The van der Waals surface area contributed by atoms with Gasteiger partial charge in [-0.05, 0) is 42.6 Å². The molecule has 1 heterocycles. The van der Waals surface area contributed by atoms with Crippen molar-refractivity contribution in [3.63, 3.8) is 0 Å². The van der Waals surface area contributed by atoms with Crippen molar-refractivity contribution in [1.82, 2.24) is 5.32 Å². The highest BCUT2D eigenvalue weighted by molar-refractivity contribution is 5.48. The first-order valence-corrected chi connectivity index (χ1v) is 5.84. The second kappa shape index (κ2) is 5.36. The minimum atomic E-state index is -0.478. The van der Waals surface area contributed by atoms with Crippen LogP contribution in [-0.4, -0.2) is 20.8 Å². The molecule has 94 valence electrons. The molecule has 0 aliphatic carbocycles. The molecule has 0 radical (unpaired) electrons. The van der Waals surface area contributed by atoms with E-state index in [9.17, 15) is 4.39 Å². The molecule has 1 aliphatic heterocycles. The zero-order valence-corrected chi connectivity index (χ0v) is 10.3. The fourth-order valence-electron chi connectivity index (χ4n) is 2.33. The quantitative estimate of drug-likeness (QED) is 0.876. The van der Waals surface area contributed by atoms with Gasteiger partial charge in [-0.3, -0.25) is 0 Å². The van der Waals surface area contributed by atoms with Crippen molar-refractivity contribution in [2.24, 2.45) is 0 Å². The minimum Gasteiger partial charge on any atom is -0.493 e. The SMILES string of the molecule is COc1cc(CF)c(C2CCCN2)cc1OC. The Morgan fingerprint density at radius 1 is 1.29 bits per heavy atom. The lowest BCUT2D eigenvalue weighted by Crippen LogP contribution is -2.14. The molecule has 0 amide bonds. The molecule has 1 atom stereocenters. The van der Waals surface area contributed by atoms with E-state index in [1.807, 2.05) is 6.07 Å². The Bertz CT molecular complexity index is 389. The second-order valence-electron chi connectivity index (χ2n) is 4.19. The van der Waals surface area contributed by atoms with E-state index in [-0.39, 0.29) is 6.04 Å². The summed E-state index contributed by atoms with van der Waals surface area (Å²) in [5, 5.41) is 3.37. The molecule has 1 aromatic rings. The highest BCUT2D eigenvalue weighted by Crippen LogP contribution is 2.36. The van der Waals surface area contributed by atoms with Crippen molar-refractivity contribution >= 4 is 0 Å². The lowest BCUT2D eigenvalue weighted by molar-refractivity contribution is 0.352. The van der Waals surface area contributed by atoms with E-state index in [0.29, 0.717) is 17.1 Å². The number of benzene rings is 1. The lowest BCUT2D eigenvalue weighted by atomic mass is 9.99. The lowest BCUT2D eigenvalue weighted by Gasteiger charge is -2.17. The molecule has 0 spiro atoms. The number of nitrogens with one attached hydrogen (secondary N) is 1. The van der Waals surface area contributed by atoms with Gasteiger partial charge in [0.2, 0.25) is 0 Å². The predicted molar refractivity (Wildman–Crippen MR) is 64.3 cm³/mol. The standard InChI is InChI=1S/C13H18FNO2/c1-16-12-6-9(8-14)10(7-13(12)17-2)11-4-3-5-15-11/h6-7,11,15H,3-5,8H2,1-2H3. The van der Waals surface area contributed by atoms with E-state index >= 15 is 0 Å². The summed E-state index contributed by atoms with van der Waals surface area (Å²) in [5.74, 6) is 1.25. The molecular formula is C13H18FNO2. The Labute approximate surface area is 101 Å². The van der Waals surface area contributed by atoms with Gasteiger partial charge in [-0.25, -0.2) is 4.39 Å². The number of alkyl halides is 1. The van der Waals surface area contributed by atoms with Crippen molar-refractivity contribution in [3.8, 4) is 11.5 Å². The van der Waals surface area contributed by atoms with Gasteiger partial charge >= 0.3 is 0 Å². The van der Waals surface area contributed by atoms with Gasteiger partial charge < -0.3 is 14.8 Å². The zero-order valence-electron chi connectivity index (χ0n) is 10.3. The first-order valence-electron chi connectivity index (χ1n) is 5.84. The topological polar surface area (TPSA) is 30.5 Å². The third kappa shape index (κ3) is 2.36. The van der Waals surface area contributed by atoms with E-state index in [0.717, 1.165) is 24.9 Å². The maximum Gasteiger partial charge on any atom is 0.161 e. The van der Waals surface area contributed by atoms with E-state index in [4.69, 9.17) is 9.47 Å². The predicted octanol–water partition coefficient (Wildman–Crippen LogP) is 2.60. The minimum absolute atomic E-state index is 0.237. The van der Waals surface area contributed by atoms with Crippen LogP contribution in [-0.2, 0) is 6.67 Å². The summed E-state index contributed by atoms with van der Waals surface area (Å²) in [5.41, 5.74) is 1.67. The van der Waals surface area contributed by atoms with Crippen LogP contribution in [0.25, 0.3) is 0 Å². The summed E-state index contributed by atoms with van der Waals surface area (Å²) in [4.78, 5) is 0. The summed E-state index contributed by atoms with van der Waals surface area (Å²) in [6.45, 7) is 0.513. The molecule has 1 aliphatic rings. The third-order valence-corrected chi connectivity index (χ3v) is 3.23. The van der Waals surface area contributed by atoms with E-state index in [2.05, 4.69) is 5.32 Å². The van der Waals surface area contributed by atoms with Crippen LogP contribution in [0.3, 0.4) is 0 Å². The first-order chi connectivity index (χ1) is 8.30. The molecular weight excluding hydrogens is 221 g/mol. The van der Waals surface area contributed by atoms with Crippen LogP contribution in [0.5, 0.6) is 11.5 Å². The third-order valence-electron chi connectivity index (χ3n) is 3.23. The number of hydrogen-bond acceptors (Lipinski definition) is 3. The molecule has 1 N–H and O–H groups in total. The van der Waals surface area contributed by atoms with Crippen LogP contribution in [0.1, 0.15) is 30.0 Å². The van der Waals surface area contributed by atoms with Crippen LogP contribution in [0.15, 0.2) is 12.1 Å². The largest absolute Gasteiger partial charge is 0.493 e. The van der Waals surface area contributed by atoms with Crippen molar-refractivity contribution < 1.29 is 13.9 Å². The molecule has 4 heteroatoms. The van der Waals surface area contributed by atoms with Crippen molar-refractivity contribution in [2.75, 3.05) is 20.8 Å². The molecule has 3 nitrogen and oxygen atoms in total. The van der Waals surface area contributed by atoms with Crippen LogP contribution in [0.2, 0.25) is 0 Å². The van der Waals surface area contributed by atoms with Crippen LogP contribution >= 0.6 is 0 Å². The van der Waals surface area contributed by atoms with Crippen LogP contribution in [0.4, 0.5) is 4.39 Å². The van der Waals surface area contributed by atoms with Gasteiger partial charge in [-0.2, -0.15) is 0 Å². The van der Waals surface area contributed by atoms with Crippen LogP contribution < -0.4 is 14.8 Å². The monoisotopic (exact) mass is 239 g/mol. The van der Waals surface area contributed by atoms with Gasteiger partial charge in [0.15, 0.2) is 11.5 Å². The Hall–Kier alpha value is -1.29. The highest BCUT2D eigenvalue weighted by atomic mass is 19.1. The molecule has 2 rings (SSSR count). The first kappa shape index (κ1) is 12.2. The number of rotatable bonds is 4. The maximum atomic E-state index is 13.1. The average Bonchev–Trinajstić information content (AvgIpc) is 2.90. The van der Waals surface area contributed by atoms with Crippen LogP contribution in [0, 0.1) is 0 Å². The zero-order chi connectivity index (χ0) is 12.3. The van der Waals surface area contributed by atoms with E-state index < -0.39 is 6.67 Å². The summed E-state index contributed by atoms with van der Waals surface area (Å²) in [7, 11) is 3.16. The van der Waals surface area contributed by atoms with E-state index in [1.54, 1.807) is 20.3 Å². The van der Waals surface area contributed by atoms with Gasteiger partial charge in [-0.15, -0.1) is 0 Å². The molecule has 1 saturated heterocycles. The summed E-state index contributed by atoms with van der Waals surface area (Å²) in [6.07, 6.45) is 2.17. The highest BCUT2D eigenvalue weighted by Gasteiger charge is 2.21. The van der Waals surface area contributed by atoms with Gasteiger partial charge in [0, 0.05) is 6.04 Å². The summed E-state index contributed by atoms with van der Waals surface area (Å²) >= 11 is 0. The summed E-state index contributed by atoms with van der Waals surface area (Å²) < 4.78 is 23.5. The van der Waals surface area contributed by atoms with Gasteiger partial charge in [0.25, 0.3) is 0 Å². The molecule has 17 heavy (non-hydrogen) atoms. The normalized spacial score (nSPS) is 19.4. The summed E-state index contributed by atoms with van der Waals surface area (Å²) in [6, 6.07) is 3.85. The molecule has 0 saturated carbocycles. The Morgan fingerprint density at radius 2 is 2.00 bits per heavy atom. The second-order valence-corrected chi connectivity index (χ2v) is 4.19. The Kier molecular flexibility index (Phi) is 3.84. The van der Waals surface area contributed by atoms with Crippen molar-refractivity contribution in [1.29, 1.82) is 0 Å². The average molecular weight is 239 g/mol. The van der Waals surface area contributed by atoms with Gasteiger partial charge in [0.05, 0.1) is 14.2 Å². The fourth-order valence-corrected chi connectivity index (χ4v) is 2.33.